The number of nitriles is 1. The molecule has 0 unspecified atom stereocenters. The highest BCUT2D eigenvalue weighted by molar-refractivity contribution is 5.86. The van der Waals surface area contributed by atoms with Crippen LogP contribution in [0.25, 0.3) is 0 Å². The van der Waals surface area contributed by atoms with E-state index >= 15 is 0 Å². The van der Waals surface area contributed by atoms with Gasteiger partial charge in [0.1, 0.15) is 5.41 Å². The molecule has 0 aliphatic rings. The minimum Gasteiger partial charge on any atom is -0.349 e. The first kappa shape index (κ1) is 18.0. The van der Waals surface area contributed by atoms with Crippen molar-refractivity contribution in [2.24, 2.45) is 5.41 Å². The number of hydrogen-bond acceptors (Lipinski definition) is 2. The zero-order valence-corrected chi connectivity index (χ0v) is 13.3. The fraction of sp³-hybridized carbons (Fsp3) is 0.875. The van der Waals surface area contributed by atoms with Gasteiger partial charge in [0.15, 0.2) is 0 Å². The van der Waals surface area contributed by atoms with Crippen LogP contribution in [0.4, 0.5) is 0 Å². The van der Waals surface area contributed by atoms with E-state index in [-0.39, 0.29) is 11.4 Å². The molecular weight excluding hydrogens is 236 g/mol. The molecule has 0 aromatic rings. The third kappa shape index (κ3) is 4.23. The quantitative estimate of drug-likeness (QED) is 0.680. The molecule has 0 aliphatic heterocycles. The van der Waals surface area contributed by atoms with Crippen LogP contribution in [0.15, 0.2) is 0 Å². The van der Waals surface area contributed by atoms with Crippen LogP contribution >= 0.6 is 0 Å². The van der Waals surface area contributed by atoms with Gasteiger partial charge in [-0.15, -0.1) is 0 Å². The average molecular weight is 266 g/mol. The Kier molecular flexibility index (Phi) is 7.75. The summed E-state index contributed by atoms with van der Waals surface area (Å²) in [5.74, 6) is -0.0655. The van der Waals surface area contributed by atoms with Crippen LogP contribution in [0, 0.1) is 16.7 Å². The summed E-state index contributed by atoms with van der Waals surface area (Å²) in [5, 5.41) is 12.7. The molecular formula is C16H30N2O. The average Bonchev–Trinajstić information content (AvgIpc) is 2.44. The molecule has 0 rings (SSSR count). The number of hydrogen-bond donors (Lipinski definition) is 1. The van der Waals surface area contributed by atoms with E-state index in [0.717, 1.165) is 32.1 Å². The van der Waals surface area contributed by atoms with E-state index < -0.39 is 5.41 Å². The van der Waals surface area contributed by atoms with Crippen molar-refractivity contribution in [2.45, 2.75) is 85.1 Å². The monoisotopic (exact) mass is 266 g/mol. The molecule has 1 amide bonds. The third-order valence-corrected chi connectivity index (χ3v) is 4.41. The molecule has 0 aromatic heterocycles. The molecule has 0 saturated carbocycles. The SMILES string of the molecule is CCCC(C#N)(CCC)C(=O)NC(CC)(CC)CC. The highest BCUT2D eigenvalue weighted by Gasteiger charge is 2.40. The van der Waals surface area contributed by atoms with E-state index in [1.54, 1.807) is 0 Å². The Morgan fingerprint density at radius 3 is 1.68 bits per heavy atom. The van der Waals surface area contributed by atoms with E-state index in [4.69, 9.17) is 0 Å². The van der Waals surface area contributed by atoms with Gasteiger partial charge in [0.25, 0.3) is 0 Å². The van der Waals surface area contributed by atoms with Gasteiger partial charge in [0.2, 0.25) is 5.91 Å². The van der Waals surface area contributed by atoms with E-state index in [2.05, 4.69) is 32.2 Å². The number of rotatable bonds is 9. The standard InChI is InChI=1S/C16H30N2O/c1-6-11-15(13-17,12-7-2)14(19)18-16(8-3,9-4)10-5/h6-12H2,1-5H3,(H,18,19). The van der Waals surface area contributed by atoms with E-state index in [1.807, 2.05) is 13.8 Å². The second kappa shape index (κ2) is 8.19. The van der Waals surface area contributed by atoms with Gasteiger partial charge >= 0.3 is 0 Å². The van der Waals surface area contributed by atoms with Gasteiger partial charge in [-0.1, -0.05) is 47.5 Å². The lowest BCUT2D eigenvalue weighted by Crippen LogP contribution is -2.52. The molecule has 3 heteroatoms. The van der Waals surface area contributed by atoms with Crippen molar-refractivity contribution in [3.63, 3.8) is 0 Å². The van der Waals surface area contributed by atoms with Crippen LogP contribution in [0.2, 0.25) is 0 Å². The summed E-state index contributed by atoms with van der Waals surface area (Å²) in [5.41, 5.74) is -0.991. The lowest BCUT2D eigenvalue weighted by molar-refractivity contribution is -0.131. The largest absolute Gasteiger partial charge is 0.349 e. The summed E-state index contributed by atoms with van der Waals surface area (Å²) in [6, 6.07) is 2.30. The summed E-state index contributed by atoms with van der Waals surface area (Å²) >= 11 is 0. The Bertz CT molecular complexity index is 299. The molecule has 0 aromatic carbocycles. The van der Waals surface area contributed by atoms with Crippen LogP contribution in [-0.4, -0.2) is 11.4 Å². The maximum Gasteiger partial charge on any atom is 0.240 e. The summed E-state index contributed by atoms with van der Waals surface area (Å²) in [7, 11) is 0. The Labute approximate surface area is 118 Å². The van der Waals surface area contributed by atoms with Gasteiger partial charge in [-0.25, -0.2) is 0 Å². The fourth-order valence-electron chi connectivity index (χ4n) is 2.74. The molecule has 19 heavy (non-hydrogen) atoms. The van der Waals surface area contributed by atoms with Crippen molar-refractivity contribution < 1.29 is 4.79 Å². The first-order valence-electron chi connectivity index (χ1n) is 7.73. The van der Waals surface area contributed by atoms with Crippen LogP contribution in [0.3, 0.4) is 0 Å². The Balaban J connectivity index is 5.16. The second-order valence-corrected chi connectivity index (χ2v) is 5.49. The van der Waals surface area contributed by atoms with Crippen LogP contribution in [-0.2, 0) is 4.79 Å². The zero-order valence-electron chi connectivity index (χ0n) is 13.3. The minimum atomic E-state index is -0.839. The predicted molar refractivity (Wildman–Crippen MR) is 79.6 cm³/mol. The summed E-state index contributed by atoms with van der Waals surface area (Å²) in [4.78, 5) is 12.6. The van der Waals surface area contributed by atoms with Gasteiger partial charge in [-0.2, -0.15) is 5.26 Å². The first-order chi connectivity index (χ1) is 8.99. The van der Waals surface area contributed by atoms with E-state index in [1.165, 1.54) is 0 Å². The molecule has 3 nitrogen and oxygen atoms in total. The van der Waals surface area contributed by atoms with Crippen LogP contribution < -0.4 is 5.32 Å². The van der Waals surface area contributed by atoms with Crippen molar-refractivity contribution in [3.8, 4) is 6.07 Å². The van der Waals surface area contributed by atoms with Crippen LogP contribution in [0.5, 0.6) is 0 Å². The smallest absolute Gasteiger partial charge is 0.240 e. The predicted octanol–water partition coefficient (Wildman–Crippen LogP) is 4.18. The topological polar surface area (TPSA) is 52.9 Å². The fourth-order valence-corrected chi connectivity index (χ4v) is 2.74. The molecule has 0 saturated heterocycles. The molecule has 1 N–H and O–H groups in total. The third-order valence-electron chi connectivity index (χ3n) is 4.41. The maximum atomic E-state index is 12.6. The highest BCUT2D eigenvalue weighted by atomic mass is 16.2. The lowest BCUT2D eigenvalue weighted by Gasteiger charge is -2.36. The summed E-state index contributed by atoms with van der Waals surface area (Å²) in [6.45, 7) is 10.4. The molecule has 0 spiro atoms. The molecule has 110 valence electrons. The molecule has 0 heterocycles. The van der Waals surface area contributed by atoms with Gasteiger partial charge < -0.3 is 5.32 Å². The number of amides is 1. The number of nitrogens with zero attached hydrogens (tertiary/aromatic N) is 1. The minimum absolute atomic E-state index is 0.0655. The Hall–Kier alpha value is -1.04. The van der Waals surface area contributed by atoms with Gasteiger partial charge in [-0.3, -0.25) is 4.79 Å². The molecule has 0 bridgehead atoms. The molecule has 0 aliphatic carbocycles. The van der Waals surface area contributed by atoms with E-state index in [9.17, 15) is 10.1 Å². The summed E-state index contributed by atoms with van der Waals surface area (Å²) in [6.07, 6.45) is 5.74. The van der Waals surface area contributed by atoms with Gasteiger partial charge in [-0.05, 0) is 32.1 Å². The van der Waals surface area contributed by atoms with E-state index in [0.29, 0.717) is 12.8 Å². The van der Waals surface area contributed by atoms with Crippen molar-refractivity contribution >= 4 is 5.91 Å². The second-order valence-electron chi connectivity index (χ2n) is 5.49. The number of carbonyl (C=O) groups is 1. The molecule has 0 fully saturated rings. The zero-order chi connectivity index (χ0) is 14.9. The van der Waals surface area contributed by atoms with Crippen molar-refractivity contribution in [1.29, 1.82) is 5.26 Å². The van der Waals surface area contributed by atoms with Gasteiger partial charge in [0.05, 0.1) is 6.07 Å². The summed E-state index contributed by atoms with van der Waals surface area (Å²) < 4.78 is 0. The normalized spacial score (nSPS) is 12.0. The molecule has 0 radical (unpaired) electrons. The van der Waals surface area contributed by atoms with Crippen molar-refractivity contribution in [3.05, 3.63) is 0 Å². The molecule has 0 atom stereocenters. The van der Waals surface area contributed by atoms with Crippen molar-refractivity contribution in [1.82, 2.24) is 5.32 Å². The van der Waals surface area contributed by atoms with Crippen molar-refractivity contribution in [2.75, 3.05) is 0 Å². The first-order valence-corrected chi connectivity index (χ1v) is 7.73. The maximum absolute atomic E-state index is 12.6. The number of nitrogens with one attached hydrogen (secondary N) is 1. The number of carbonyl (C=O) groups excluding carboxylic acids is 1. The van der Waals surface area contributed by atoms with Gasteiger partial charge in [0, 0.05) is 5.54 Å². The highest BCUT2D eigenvalue weighted by Crippen LogP contribution is 2.31. The Morgan fingerprint density at radius 1 is 1.00 bits per heavy atom. The van der Waals surface area contributed by atoms with Crippen LogP contribution in [0.1, 0.15) is 79.6 Å². The lowest BCUT2D eigenvalue weighted by atomic mass is 9.78. The Morgan fingerprint density at radius 2 is 1.42 bits per heavy atom.